The number of fused-ring (bicyclic) bond motifs is 3. The highest BCUT2D eigenvalue weighted by Gasteiger charge is 2.31. The Morgan fingerprint density at radius 1 is 0.909 bits per heavy atom. The van der Waals surface area contributed by atoms with E-state index in [0.717, 1.165) is 28.4 Å². The van der Waals surface area contributed by atoms with Crippen molar-refractivity contribution in [3.8, 4) is 11.3 Å². The Balaban J connectivity index is 1.88. The average Bonchev–Trinajstić information content (AvgIpc) is 3.34. The molecular weight excluding hydrogens is 419 g/mol. The Kier molecular flexibility index (Phi) is 4.93. The summed E-state index contributed by atoms with van der Waals surface area (Å²) in [6.07, 6.45) is 0.474. The molecule has 1 nitrogen and oxygen atoms in total. The van der Waals surface area contributed by atoms with E-state index < -0.39 is 11.7 Å². The minimum Gasteiger partial charge on any atom is -0.198 e. The maximum absolute atomic E-state index is 13.5. The lowest BCUT2D eigenvalue weighted by molar-refractivity contribution is -0.665. The van der Waals surface area contributed by atoms with Crippen LogP contribution in [0.4, 0.5) is 13.2 Å². The first-order valence-corrected chi connectivity index (χ1v) is 11.6. The lowest BCUT2D eigenvalue weighted by atomic mass is 9.88. The number of aryl methyl sites for hydroxylation is 1. The van der Waals surface area contributed by atoms with E-state index in [9.17, 15) is 13.2 Å². The molecule has 1 aliphatic rings. The lowest BCUT2D eigenvalue weighted by Gasteiger charge is -2.17. The van der Waals surface area contributed by atoms with Gasteiger partial charge in [-0.3, -0.25) is 0 Å². The molecular formula is C29H29F3N+. The molecule has 0 amide bonds. The number of halogens is 3. The quantitative estimate of drug-likeness (QED) is 0.215. The minimum atomic E-state index is -4.43. The molecule has 4 aromatic rings. The van der Waals surface area contributed by atoms with Crippen LogP contribution in [0.5, 0.6) is 0 Å². The normalized spacial score (nSPS) is 15.5. The molecule has 0 bridgehead atoms. The number of alkyl halides is 3. The summed E-state index contributed by atoms with van der Waals surface area (Å²) in [5, 5.41) is 2.58. The van der Waals surface area contributed by atoms with Crippen molar-refractivity contribution in [1.82, 2.24) is 0 Å². The highest BCUT2D eigenvalue weighted by atomic mass is 19.4. The second-order valence-corrected chi connectivity index (χ2v) is 9.53. The number of hydrogen-bond acceptors (Lipinski definition) is 0. The molecule has 1 aromatic heterocycles. The Hall–Kier alpha value is -2.88. The van der Waals surface area contributed by atoms with Gasteiger partial charge in [-0.1, -0.05) is 31.0 Å². The van der Waals surface area contributed by atoms with Gasteiger partial charge in [0.15, 0.2) is 5.69 Å². The molecule has 1 fully saturated rings. The number of hydrogen-bond donors (Lipinski definition) is 0. The van der Waals surface area contributed by atoms with E-state index in [1.807, 2.05) is 30.7 Å². The van der Waals surface area contributed by atoms with Crippen LogP contribution in [-0.4, -0.2) is 0 Å². The van der Waals surface area contributed by atoms with E-state index in [-0.39, 0.29) is 6.04 Å². The smallest absolute Gasteiger partial charge is 0.198 e. The molecule has 5 rings (SSSR count). The Bertz CT molecular complexity index is 1450. The first kappa shape index (κ1) is 20.7. The van der Waals surface area contributed by atoms with E-state index >= 15 is 0 Å². The van der Waals surface area contributed by atoms with Gasteiger partial charge in [-0.25, -0.2) is 0 Å². The summed E-state index contributed by atoms with van der Waals surface area (Å²) in [6.45, 7) is 6.12. The fourth-order valence-corrected chi connectivity index (χ4v) is 5.39. The Morgan fingerprint density at radius 2 is 1.61 bits per heavy atom. The van der Waals surface area contributed by atoms with Crippen molar-refractivity contribution >= 4 is 21.5 Å². The Labute approximate surface area is 194 Å². The predicted molar refractivity (Wildman–Crippen MR) is 128 cm³/mol. The first-order chi connectivity index (χ1) is 16.1. The number of rotatable bonds is 2. The zero-order valence-electron chi connectivity index (χ0n) is 20.5. The summed E-state index contributed by atoms with van der Waals surface area (Å²) in [4.78, 5) is 0. The molecule has 0 spiro atoms. The summed E-state index contributed by atoms with van der Waals surface area (Å²) >= 11 is 0. The van der Waals surface area contributed by atoms with Crippen LogP contribution in [0.3, 0.4) is 0 Å². The van der Waals surface area contributed by atoms with Crippen LogP contribution < -0.4 is 4.57 Å². The molecule has 0 saturated heterocycles. The molecule has 170 valence electrons. The second kappa shape index (κ2) is 7.86. The third kappa shape index (κ3) is 3.70. The molecule has 1 aliphatic carbocycles. The Morgan fingerprint density at radius 3 is 2.30 bits per heavy atom. The molecule has 0 unspecified atom stereocenters. The highest BCUT2D eigenvalue weighted by Crippen LogP contribution is 2.40. The fourth-order valence-electron chi connectivity index (χ4n) is 5.39. The van der Waals surface area contributed by atoms with Crippen LogP contribution in [0, 0.1) is 20.8 Å². The third-order valence-electron chi connectivity index (χ3n) is 7.52. The van der Waals surface area contributed by atoms with E-state index in [1.54, 1.807) is 0 Å². The van der Waals surface area contributed by atoms with Crippen molar-refractivity contribution in [2.24, 2.45) is 7.05 Å². The van der Waals surface area contributed by atoms with E-state index in [2.05, 4.69) is 26.0 Å². The van der Waals surface area contributed by atoms with Crippen molar-refractivity contribution in [2.75, 3.05) is 0 Å². The van der Waals surface area contributed by atoms with Crippen LogP contribution in [-0.2, 0) is 13.2 Å². The lowest BCUT2D eigenvalue weighted by Crippen LogP contribution is -2.35. The third-order valence-corrected chi connectivity index (χ3v) is 7.52. The second-order valence-electron chi connectivity index (χ2n) is 9.53. The largest absolute Gasteiger partial charge is 0.416 e. The van der Waals surface area contributed by atoms with Gasteiger partial charge in [0.25, 0.3) is 0 Å². The van der Waals surface area contributed by atoms with Crippen molar-refractivity contribution in [3.05, 3.63) is 76.5 Å². The van der Waals surface area contributed by atoms with Gasteiger partial charge in [0.1, 0.15) is 7.05 Å². The zero-order chi connectivity index (χ0) is 24.4. The maximum atomic E-state index is 13.5. The number of benzene rings is 3. The average molecular weight is 450 g/mol. The first-order valence-electron chi connectivity index (χ1n) is 12.1. The molecule has 3 aromatic carbocycles. The summed E-state index contributed by atoms with van der Waals surface area (Å²) < 4.78 is 51.5. The van der Waals surface area contributed by atoms with Crippen LogP contribution in [0.15, 0.2) is 48.5 Å². The number of aromatic nitrogens is 1. The van der Waals surface area contributed by atoms with Gasteiger partial charge in [-0.2, -0.15) is 17.7 Å². The molecule has 33 heavy (non-hydrogen) atoms. The number of pyridine rings is 1. The summed E-state index contributed by atoms with van der Waals surface area (Å²) in [6, 6.07) is 12.5. The highest BCUT2D eigenvalue weighted by molar-refractivity contribution is 6.11. The SMILES string of the molecule is [2H]c1c(C)[n+](C)c(-c2cc(C3CCCC3)cc(C)c2C)c2ccc3ccc(C(F)(F)F)cc3c12. The van der Waals surface area contributed by atoms with Gasteiger partial charge in [-0.05, 0) is 84.3 Å². The fraction of sp³-hybridized carbons (Fsp3) is 0.345. The van der Waals surface area contributed by atoms with E-state index in [0.29, 0.717) is 22.1 Å². The minimum absolute atomic E-state index is 0.271. The zero-order valence-corrected chi connectivity index (χ0v) is 19.5. The van der Waals surface area contributed by atoms with Gasteiger partial charge in [0, 0.05) is 18.4 Å². The summed E-state index contributed by atoms with van der Waals surface area (Å²) in [5.74, 6) is 0.557. The van der Waals surface area contributed by atoms with E-state index in [1.165, 1.54) is 54.5 Å². The van der Waals surface area contributed by atoms with Crippen molar-refractivity contribution < 1.29 is 19.1 Å². The standard InChI is InChI=1S/C29H29F3N/c1-17-13-22(20-7-5-6-8-20)15-25(19(17)3)28-24-12-10-21-9-11-23(29(30,31)32)16-26(21)27(24)14-18(2)33(28)4/h9-16,20H,5-8H2,1-4H3/q+1/i14D. The molecule has 0 N–H and O–H groups in total. The van der Waals surface area contributed by atoms with Gasteiger partial charge in [0.2, 0.25) is 5.69 Å². The topological polar surface area (TPSA) is 3.88 Å². The van der Waals surface area contributed by atoms with Gasteiger partial charge in [0.05, 0.1) is 17.9 Å². The van der Waals surface area contributed by atoms with Crippen LogP contribution in [0.2, 0.25) is 0 Å². The van der Waals surface area contributed by atoms with Crippen LogP contribution in [0.25, 0.3) is 32.8 Å². The van der Waals surface area contributed by atoms with Crippen molar-refractivity contribution in [1.29, 1.82) is 0 Å². The molecule has 1 saturated carbocycles. The van der Waals surface area contributed by atoms with Gasteiger partial charge >= 0.3 is 6.18 Å². The predicted octanol–water partition coefficient (Wildman–Crippen LogP) is 8.09. The molecule has 1 heterocycles. The number of nitrogens with zero attached hydrogens (tertiary/aromatic N) is 1. The van der Waals surface area contributed by atoms with Gasteiger partial charge in [-0.15, -0.1) is 0 Å². The van der Waals surface area contributed by atoms with Crippen LogP contribution in [0.1, 0.15) is 60.9 Å². The van der Waals surface area contributed by atoms with Crippen molar-refractivity contribution in [2.45, 2.75) is 58.5 Å². The monoisotopic (exact) mass is 449 g/mol. The maximum Gasteiger partial charge on any atom is 0.416 e. The summed E-state index contributed by atoms with van der Waals surface area (Å²) in [7, 11) is 1.95. The van der Waals surface area contributed by atoms with Crippen LogP contribution >= 0.6 is 0 Å². The van der Waals surface area contributed by atoms with E-state index in [4.69, 9.17) is 1.37 Å². The molecule has 0 atom stereocenters. The van der Waals surface area contributed by atoms with Gasteiger partial charge < -0.3 is 0 Å². The van der Waals surface area contributed by atoms with Crippen molar-refractivity contribution in [3.63, 3.8) is 0 Å². The molecule has 0 radical (unpaired) electrons. The molecule has 4 heteroatoms. The summed E-state index contributed by atoms with van der Waals surface area (Å²) in [5.41, 5.74) is 5.84. The molecule has 0 aliphatic heterocycles.